The molecule has 1 aromatic rings. The topological polar surface area (TPSA) is 15.3 Å². The molecule has 0 amide bonds. The van der Waals surface area contributed by atoms with Gasteiger partial charge < -0.3 is 5.32 Å². The van der Waals surface area contributed by atoms with Gasteiger partial charge in [-0.15, -0.1) is 0 Å². The summed E-state index contributed by atoms with van der Waals surface area (Å²) in [5.41, 5.74) is 1.19. The molecule has 98 valence electrons. The third-order valence-corrected chi connectivity index (χ3v) is 4.78. The molecule has 1 aromatic carbocycles. The third-order valence-electron chi connectivity index (χ3n) is 4.20. The fourth-order valence-electron chi connectivity index (χ4n) is 3.14. The summed E-state index contributed by atoms with van der Waals surface area (Å²) >= 11 is 12.2. The van der Waals surface area contributed by atoms with Crippen LogP contribution < -0.4 is 5.32 Å². The first kappa shape index (κ1) is 12.7. The molecule has 0 radical (unpaired) electrons. The lowest BCUT2D eigenvalue weighted by Crippen LogP contribution is -2.39. The van der Waals surface area contributed by atoms with Crippen LogP contribution in [-0.4, -0.2) is 31.1 Å². The maximum atomic E-state index is 6.24. The highest BCUT2D eigenvalue weighted by molar-refractivity contribution is 6.35. The zero-order valence-electron chi connectivity index (χ0n) is 10.3. The molecule has 2 aliphatic rings. The molecule has 18 heavy (non-hydrogen) atoms. The Kier molecular flexibility index (Phi) is 3.81. The number of halogens is 2. The minimum absolute atomic E-state index is 0.711. The van der Waals surface area contributed by atoms with E-state index < -0.39 is 0 Å². The Bertz CT molecular complexity index is 436. The maximum absolute atomic E-state index is 6.24. The van der Waals surface area contributed by atoms with Gasteiger partial charge >= 0.3 is 0 Å². The van der Waals surface area contributed by atoms with Gasteiger partial charge in [-0.05, 0) is 55.6 Å². The summed E-state index contributed by atoms with van der Waals surface area (Å²) in [6, 6.07) is 5.80. The van der Waals surface area contributed by atoms with E-state index >= 15 is 0 Å². The van der Waals surface area contributed by atoms with Crippen LogP contribution in [-0.2, 0) is 6.54 Å². The largest absolute Gasteiger partial charge is 0.316 e. The number of nitrogens with zero attached hydrogens (tertiary/aromatic N) is 1. The third kappa shape index (κ3) is 2.67. The van der Waals surface area contributed by atoms with Gasteiger partial charge in [-0.25, -0.2) is 0 Å². The van der Waals surface area contributed by atoms with Gasteiger partial charge in [0.1, 0.15) is 0 Å². The van der Waals surface area contributed by atoms with E-state index in [-0.39, 0.29) is 0 Å². The Morgan fingerprint density at radius 1 is 1.22 bits per heavy atom. The van der Waals surface area contributed by atoms with Crippen molar-refractivity contribution in [3.63, 3.8) is 0 Å². The SMILES string of the molecule is Clc1ccc(CN2CCC3CNCC3C2)c(Cl)c1. The number of rotatable bonds is 2. The predicted molar refractivity (Wildman–Crippen MR) is 76.2 cm³/mol. The van der Waals surface area contributed by atoms with Crippen molar-refractivity contribution in [3.05, 3.63) is 33.8 Å². The number of piperidine rings is 1. The first-order valence-electron chi connectivity index (χ1n) is 6.59. The van der Waals surface area contributed by atoms with Gasteiger partial charge in [0.05, 0.1) is 0 Å². The second-order valence-corrected chi connectivity index (χ2v) is 6.28. The van der Waals surface area contributed by atoms with E-state index in [4.69, 9.17) is 23.2 Å². The second kappa shape index (κ2) is 5.38. The Balaban J connectivity index is 1.66. The van der Waals surface area contributed by atoms with Crippen LogP contribution in [0, 0.1) is 11.8 Å². The van der Waals surface area contributed by atoms with Crippen LogP contribution in [0.1, 0.15) is 12.0 Å². The van der Waals surface area contributed by atoms with Crippen molar-refractivity contribution in [1.29, 1.82) is 0 Å². The first-order valence-corrected chi connectivity index (χ1v) is 7.35. The summed E-state index contributed by atoms with van der Waals surface area (Å²) in [5.74, 6) is 1.71. The summed E-state index contributed by atoms with van der Waals surface area (Å²) in [5, 5.41) is 4.99. The number of benzene rings is 1. The van der Waals surface area contributed by atoms with Crippen LogP contribution in [0.2, 0.25) is 10.0 Å². The summed E-state index contributed by atoms with van der Waals surface area (Å²) in [7, 11) is 0. The van der Waals surface area contributed by atoms with Crippen molar-refractivity contribution in [2.45, 2.75) is 13.0 Å². The Hall–Kier alpha value is -0.280. The summed E-state index contributed by atoms with van der Waals surface area (Å²) in [4.78, 5) is 2.52. The van der Waals surface area contributed by atoms with E-state index in [2.05, 4.69) is 10.2 Å². The molecule has 3 rings (SSSR count). The molecule has 2 unspecified atom stereocenters. The van der Waals surface area contributed by atoms with Crippen molar-refractivity contribution in [1.82, 2.24) is 10.2 Å². The molecular formula is C14H18Cl2N2. The van der Waals surface area contributed by atoms with Crippen LogP contribution in [0.3, 0.4) is 0 Å². The van der Waals surface area contributed by atoms with E-state index in [1.807, 2.05) is 18.2 Å². The van der Waals surface area contributed by atoms with Crippen LogP contribution in [0.25, 0.3) is 0 Å². The van der Waals surface area contributed by atoms with Crippen LogP contribution in [0.15, 0.2) is 18.2 Å². The summed E-state index contributed by atoms with van der Waals surface area (Å²) < 4.78 is 0. The van der Waals surface area contributed by atoms with Crippen molar-refractivity contribution < 1.29 is 0 Å². The Labute approximate surface area is 118 Å². The van der Waals surface area contributed by atoms with Gasteiger partial charge in [-0.2, -0.15) is 0 Å². The molecule has 2 atom stereocenters. The lowest BCUT2D eigenvalue weighted by Gasteiger charge is -2.34. The molecule has 0 saturated carbocycles. The molecule has 2 nitrogen and oxygen atoms in total. The van der Waals surface area contributed by atoms with Crippen LogP contribution in [0.4, 0.5) is 0 Å². The smallest absolute Gasteiger partial charge is 0.0465 e. The number of hydrogen-bond acceptors (Lipinski definition) is 2. The van der Waals surface area contributed by atoms with Crippen molar-refractivity contribution in [2.75, 3.05) is 26.2 Å². The molecule has 0 aliphatic carbocycles. The number of nitrogens with one attached hydrogen (secondary N) is 1. The van der Waals surface area contributed by atoms with Crippen molar-refractivity contribution in [3.8, 4) is 0 Å². The van der Waals surface area contributed by atoms with Gasteiger partial charge in [-0.1, -0.05) is 29.3 Å². The highest BCUT2D eigenvalue weighted by atomic mass is 35.5. The standard InChI is InChI=1S/C14H18Cl2N2/c15-13-2-1-11(14(16)5-13)8-18-4-3-10-6-17-7-12(10)9-18/h1-2,5,10,12,17H,3-4,6-9H2. The molecule has 0 bridgehead atoms. The van der Waals surface area contributed by atoms with Gasteiger partial charge in [0.2, 0.25) is 0 Å². The van der Waals surface area contributed by atoms with Gasteiger partial charge in [0, 0.05) is 23.1 Å². The van der Waals surface area contributed by atoms with Crippen LogP contribution in [0.5, 0.6) is 0 Å². The Morgan fingerprint density at radius 2 is 2.06 bits per heavy atom. The number of hydrogen-bond donors (Lipinski definition) is 1. The fraction of sp³-hybridized carbons (Fsp3) is 0.571. The zero-order valence-corrected chi connectivity index (χ0v) is 11.8. The highest BCUT2D eigenvalue weighted by Crippen LogP contribution is 2.29. The summed E-state index contributed by atoms with van der Waals surface area (Å²) in [6.07, 6.45) is 1.31. The average Bonchev–Trinajstić information content (AvgIpc) is 2.80. The average molecular weight is 285 g/mol. The quantitative estimate of drug-likeness (QED) is 0.898. The number of likely N-dealkylation sites (tertiary alicyclic amines) is 1. The summed E-state index contributed by atoms with van der Waals surface area (Å²) in [6.45, 7) is 5.70. The molecule has 4 heteroatoms. The lowest BCUT2D eigenvalue weighted by atomic mass is 9.88. The van der Waals surface area contributed by atoms with Crippen molar-refractivity contribution >= 4 is 23.2 Å². The van der Waals surface area contributed by atoms with Gasteiger partial charge in [0.25, 0.3) is 0 Å². The molecular weight excluding hydrogens is 267 g/mol. The molecule has 0 spiro atoms. The zero-order chi connectivity index (χ0) is 12.5. The molecule has 2 fully saturated rings. The second-order valence-electron chi connectivity index (χ2n) is 5.44. The maximum Gasteiger partial charge on any atom is 0.0465 e. The Morgan fingerprint density at radius 3 is 2.89 bits per heavy atom. The lowest BCUT2D eigenvalue weighted by molar-refractivity contribution is 0.142. The van der Waals surface area contributed by atoms with Crippen LogP contribution >= 0.6 is 23.2 Å². The van der Waals surface area contributed by atoms with Gasteiger partial charge in [0.15, 0.2) is 0 Å². The molecule has 0 aromatic heterocycles. The highest BCUT2D eigenvalue weighted by Gasteiger charge is 2.32. The first-order chi connectivity index (χ1) is 8.72. The predicted octanol–water partition coefficient (Wildman–Crippen LogP) is 3.03. The van der Waals surface area contributed by atoms with E-state index in [9.17, 15) is 0 Å². The normalized spacial score (nSPS) is 28.3. The van der Waals surface area contributed by atoms with E-state index in [0.717, 1.165) is 23.4 Å². The monoisotopic (exact) mass is 284 g/mol. The molecule has 2 aliphatic heterocycles. The van der Waals surface area contributed by atoms with Gasteiger partial charge in [-0.3, -0.25) is 4.90 Å². The van der Waals surface area contributed by atoms with E-state index in [1.165, 1.54) is 38.2 Å². The van der Waals surface area contributed by atoms with Crippen molar-refractivity contribution in [2.24, 2.45) is 11.8 Å². The molecule has 2 heterocycles. The molecule has 2 saturated heterocycles. The number of fused-ring (bicyclic) bond motifs is 1. The fourth-order valence-corrected chi connectivity index (χ4v) is 3.61. The van der Waals surface area contributed by atoms with E-state index in [0.29, 0.717) is 5.02 Å². The molecule has 1 N–H and O–H groups in total. The minimum Gasteiger partial charge on any atom is -0.316 e. The minimum atomic E-state index is 0.711. The van der Waals surface area contributed by atoms with E-state index in [1.54, 1.807) is 0 Å².